The van der Waals surface area contributed by atoms with Crippen molar-refractivity contribution < 1.29 is 19.8 Å². The van der Waals surface area contributed by atoms with Gasteiger partial charge in [0.25, 0.3) is 0 Å². The first kappa shape index (κ1) is 65.4. The van der Waals surface area contributed by atoms with E-state index in [1.54, 1.807) is 0 Å². The van der Waals surface area contributed by atoms with E-state index >= 15 is 0 Å². The summed E-state index contributed by atoms with van der Waals surface area (Å²) < 4.78 is 0. The normalized spacial score (nSPS) is 11.4. The van der Waals surface area contributed by atoms with Crippen molar-refractivity contribution in [3.05, 3.63) is 36.5 Å². The van der Waals surface area contributed by atoms with Gasteiger partial charge in [0, 0.05) is 12.8 Å². The fourth-order valence-electron chi connectivity index (χ4n) is 7.54. The van der Waals surface area contributed by atoms with E-state index in [1.807, 2.05) is 0 Å². The summed E-state index contributed by atoms with van der Waals surface area (Å²) >= 11 is 0. The molecule has 0 aliphatic carbocycles. The largest absolute Gasteiger partial charge is 0.481 e. The van der Waals surface area contributed by atoms with Crippen LogP contribution in [-0.4, -0.2) is 41.8 Å². The molecule has 5 N–H and O–H groups in total. The Labute approximate surface area is 394 Å². The van der Waals surface area contributed by atoms with Crippen molar-refractivity contribution >= 4 is 11.9 Å². The Kier molecular flexibility index (Phi) is 66.8. The van der Waals surface area contributed by atoms with Crippen LogP contribution in [0, 0.1) is 0 Å². The minimum absolute atomic E-state index is 0.332. The average Bonchev–Trinajstić information content (AvgIpc) is 3.27. The molecule has 0 heterocycles. The van der Waals surface area contributed by atoms with Crippen molar-refractivity contribution in [2.75, 3.05) is 19.6 Å². The quantitative estimate of drug-likeness (QED) is 0.0358. The number of nitrogens with one attached hydrogen (secondary N) is 1. The Morgan fingerprint density at radius 1 is 0.333 bits per heavy atom. The van der Waals surface area contributed by atoms with Gasteiger partial charge in [0.15, 0.2) is 0 Å². The molecule has 0 fully saturated rings. The Bertz CT molecular complexity index is 883. The van der Waals surface area contributed by atoms with E-state index < -0.39 is 11.9 Å². The fraction of sp³-hybridized carbons (Fsp3) is 0.860. The summed E-state index contributed by atoms with van der Waals surface area (Å²) in [6.07, 6.45) is 67.7. The molecule has 0 aliphatic heterocycles. The number of allylic oxidation sites excluding steroid dienone is 6. The van der Waals surface area contributed by atoms with Gasteiger partial charge < -0.3 is 21.3 Å². The molecule has 0 bridgehead atoms. The van der Waals surface area contributed by atoms with Gasteiger partial charge in [-0.2, -0.15) is 0 Å². The molecule has 63 heavy (non-hydrogen) atoms. The first-order chi connectivity index (χ1) is 31.0. The molecule has 0 amide bonds. The minimum Gasteiger partial charge on any atom is -0.481 e. The summed E-state index contributed by atoms with van der Waals surface area (Å²) in [6, 6.07) is 0. The van der Waals surface area contributed by atoms with Gasteiger partial charge in [-0.25, -0.2) is 0 Å². The molecule has 0 saturated heterocycles. The molecule has 0 saturated carbocycles. The zero-order valence-corrected chi connectivity index (χ0v) is 42.8. The minimum atomic E-state index is -0.664. The zero-order chi connectivity index (χ0) is 46.6. The number of carboxylic acids is 2. The van der Waals surface area contributed by atoms with Crippen molar-refractivity contribution in [3.8, 4) is 0 Å². The number of unbranched alkanes of at least 4 members (excludes halogenated alkanes) is 34. The van der Waals surface area contributed by atoms with E-state index in [2.05, 4.69) is 62.5 Å². The van der Waals surface area contributed by atoms with Crippen molar-refractivity contribution in [3.63, 3.8) is 0 Å². The van der Waals surface area contributed by atoms with Crippen molar-refractivity contribution in [2.45, 2.75) is 297 Å². The van der Waals surface area contributed by atoms with Crippen molar-refractivity contribution in [1.82, 2.24) is 5.32 Å². The highest BCUT2D eigenvalue weighted by molar-refractivity contribution is 5.66. The lowest BCUT2D eigenvalue weighted by molar-refractivity contribution is -0.138. The molecule has 374 valence electrons. The van der Waals surface area contributed by atoms with Crippen LogP contribution in [0.1, 0.15) is 297 Å². The van der Waals surface area contributed by atoms with E-state index in [0.29, 0.717) is 12.8 Å². The lowest BCUT2D eigenvalue weighted by Crippen LogP contribution is -2.19. The van der Waals surface area contributed by atoms with Crippen LogP contribution in [0.25, 0.3) is 0 Å². The van der Waals surface area contributed by atoms with Crippen LogP contribution in [0.3, 0.4) is 0 Å². The van der Waals surface area contributed by atoms with Crippen LogP contribution >= 0.6 is 0 Å². The topological polar surface area (TPSA) is 113 Å². The smallest absolute Gasteiger partial charge is 0.303 e. The Morgan fingerprint density at radius 3 is 0.810 bits per heavy atom. The van der Waals surface area contributed by atoms with Gasteiger partial charge in [0.05, 0.1) is 0 Å². The molecular formula is C57H112N2O4. The number of carbonyl (C=O) groups is 2. The van der Waals surface area contributed by atoms with Crippen molar-refractivity contribution in [1.29, 1.82) is 0 Å². The Hall–Kier alpha value is -1.92. The van der Waals surface area contributed by atoms with Gasteiger partial charge in [0.2, 0.25) is 0 Å². The average molecular weight is 890 g/mol. The number of nitrogens with two attached hydrogens (primary N) is 1. The number of rotatable bonds is 49. The van der Waals surface area contributed by atoms with Gasteiger partial charge in [0.1, 0.15) is 0 Å². The predicted octanol–water partition coefficient (Wildman–Crippen LogP) is 18.2. The van der Waals surface area contributed by atoms with E-state index in [-0.39, 0.29) is 0 Å². The molecule has 0 aromatic carbocycles. The van der Waals surface area contributed by atoms with Crippen LogP contribution in [-0.2, 0) is 9.59 Å². The number of carboxylic acid groups (broad SMARTS) is 2. The predicted molar refractivity (Wildman–Crippen MR) is 280 cm³/mol. The molecule has 0 unspecified atom stereocenters. The maximum atomic E-state index is 10.3. The highest BCUT2D eigenvalue weighted by Crippen LogP contribution is 2.13. The van der Waals surface area contributed by atoms with E-state index in [4.69, 9.17) is 15.9 Å². The first-order valence-electron chi connectivity index (χ1n) is 27.7. The van der Waals surface area contributed by atoms with E-state index in [9.17, 15) is 9.59 Å². The third-order valence-corrected chi connectivity index (χ3v) is 11.7. The van der Waals surface area contributed by atoms with Gasteiger partial charge >= 0.3 is 11.9 Å². The highest BCUT2D eigenvalue weighted by Gasteiger charge is 1.98. The molecule has 6 nitrogen and oxygen atoms in total. The summed E-state index contributed by atoms with van der Waals surface area (Å²) in [6.45, 7) is 9.86. The Morgan fingerprint density at radius 2 is 0.556 bits per heavy atom. The second kappa shape index (κ2) is 64.4. The second-order valence-corrected chi connectivity index (χ2v) is 18.3. The number of aliphatic carboxylic acids is 2. The molecular weight excluding hydrogens is 777 g/mol. The second-order valence-electron chi connectivity index (χ2n) is 18.3. The number of hydrogen-bond acceptors (Lipinski definition) is 4. The molecule has 6 heteroatoms. The van der Waals surface area contributed by atoms with Gasteiger partial charge in [-0.1, -0.05) is 218 Å². The standard InChI is InChI=1S/C21H44N2.2C18H34O2/c1-2-3-4-5-6-7-8-9-10-11-12-13-14-15-16-17-20-23-21-18-19-22;2*1-2-3-4-5-6-7-8-9-10-11-12-13-14-15-16-17-18(19)20/h9-10,23H,2-8,11-22H2,1H3;2*9-10H,2-8,11-17H2,1H3,(H,19,20). The van der Waals surface area contributed by atoms with Crippen LogP contribution in [0.15, 0.2) is 36.5 Å². The van der Waals surface area contributed by atoms with Crippen molar-refractivity contribution in [2.24, 2.45) is 5.73 Å². The van der Waals surface area contributed by atoms with Gasteiger partial charge in [-0.15, -0.1) is 0 Å². The Balaban J connectivity index is -0.000000860. The summed E-state index contributed by atoms with van der Waals surface area (Å²) in [5, 5.41) is 20.5. The van der Waals surface area contributed by atoms with E-state index in [1.165, 1.54) is 238 Å². The van der Waals surface area contributed by atoms with Crippen LogP contribution in [0.5, 0.6) is 0 Å². The number of hydrogen-bond donors (Lipinski definition) is 4. The summed E-state index contributed by atoms with van der Waals surface area (Å²) in [7, 11) is 0. The zero-order valence-electron chi connectivity index (χ0n) is 42.8. The monoisotopic (exact) mass is 889 g/mol. The molecule has 0 aliphatic rings. The SMILES string of the molecule is CCCCCCCCC=CCCCCCCCC(=O)O.CCCCCCCCC=CCCCCCCCC(=O)O.CCCCCCCCC=CCCCCCCCCNCCCN. The maximum Gasteiger partial charge on any atom is 0.303 e. The third kappa shape index (κ3) is 74.7. The maximum absolute atomic E-state index is 10.3. The summed E-state index contributed by atoms with van der Waals surface area (Å²) in [5.74, 6) is -1.33. The molecule has 0 aromatic heterocycles. The fourth-order valence-corrected chi connectivity index (χ4v) is 7.54. The lowest BCUT2D eigenvalue weighted by Gasteiger charge is -2.03. The van der Waals surface area contributed by atoms with Crippen LogP contribution in [0.2, 0.25) is 0 Å². The van der Waals surface area contributed by atoms with Gasteiger partial charge in [-0.3, -0.25) is 9.59 Å². The summed E-state index contributed by atoms with van der Waals surface area (Å²) in [4.78, 5) is 20.6. The molecule has 0 spiro atoms. The molecule has 0 atom stereocenters. The lowest BCUT2D eigenvalue weighted by atomic mass is 10.1. The van der Waals surface area contributed by atoms with Crippen LogP contribution in [0.4, 0.5) is 0 Å². The first-order valence-corrected chi connectivity index (χ1v) is 27.7. The molecule has 0 rings (SSSR count). The molecule has 0 radical (unpaired) electrons. The summed E-state index contributed by atoms with van der Waals surface area (Å²) in [5.41, 5.74) is 5.46. The molecule has 0 aromatic rings. The van der Waals surface area contributed by atoms with Gasteiger partial charge in [-0.05, 0) is 122 Å². The van der Waals surface area contributed by atoms with Crippen LogP contribution < -0.4 is 11.1 Å². The van der Waals surface area contributed by atoms with E-state index in [0.717, 1.165) is 45.2 Å². The third-order valence-electron chi connectivity index (χ3n) is 11.7. The highest BCUT2D eigenvalue weighted by atomic mass is 16.4.